The predicted molar refractivity (Wildman–Crippen MR) is 62.9 cm³/mol. The number of hydrogen-bond acceptors (Lipinski definition) is 2. The van der Waals surface area contributed by atoms with Gasteiger partial charge in [-0.1, -0.05) is 37.3 Å². The van der Waals surface area contributed by atoms with Crippen LogP contribution in [-0.4, -0.2) is 12.1 Å². The van der Waals surface area contributed by atoms with Crippen LogP contribution in [0.4, 0.5) is 0 Å². The van der Waals surface area contributed by atoms with E-state index in [1.165, 1.54) is 5.56 Å². The number of benzene rings is 1. The van der Waals surface area contributed by atoms with Gasteiger partial charge in [0.1, 0.15) is 0 Å². The predicted octanol–water partition coefficient (Wildman–Crippen LogP) is 3.43. The van der Waals surface area contributed by atoms with Crippen molar-refractivity contribution in [1.82, 2.24) is 0 Å². The lowest BCUT2D eigenvalue weighted by molar-refractivity contribution is -0.111. The van der Waals surface area contributed by atoms with Crippen molar-refractivity contribution in [3.8, 4) is 0 Å². The molecule has 0 atom stereocenters. The summed E-state index contributed by atoms with van der Waals surface area (Å²) in [5.74, 6) is 0. The second-order valence-electron chi connectivity index (χ2n) is 3.30. The van der Waals surface area contributed by atoms with Crippen LogP contribution in [0.15, 0.2) is 30.3 Å². The highest BCUT2D eigenvalue weighted by Gasteiger charge is 2.03. The van der Waals surface area contributed by atoms with Gasteiger partial charge in [-0.05, 0) is 18.4 Å². The Kier molecular flexibility index (Phi) is 6.22. The Morgan fingerprint density at radius 2 is 2.07 bits per heavy atom. The molecule has 0 aliphatic carbocycles. The third-order valence-electron chi connectivity index (χ3n) is 1.93. The highest BCUT2D eigenvalue weighted by molar-refractivity contribution is 7.53. The van der Waals surface area contributed by atoms with E-state index in [0.29, 0.717) is 21.8 Å². The minimum absolute atomic E-state index is 0.160. The summed E-state index contributed by atoms with van der Waals surface area (Å²) in [4.78, 5) is 11.4. The van der Waals surface area contributed by atoms with Gasteiger partial charge in [0.2, 0.25) is 0 Å². The van der Waals surface area contributed by atoms with Gasteiger partial charge in [0.05, 0.1) is 6.61 Å². The van der Waals surface area contributed by atoms with Gasteiger partial charge in [-0.3, -0.25) is 4.79 Å². The lowest BCUT2D eigenvalue weighted by atomic mass is 10.1. The van der Waals surface area contributed by atoms with Crippen molar-refractivity contribution in [3.05, 3.63) is 35.9 Å². The van der Waals surface area contributed by atoms with Crippen molar-refractivity contribution in [2.75, 3.05) is 6.61 Å². The van der Waals surface area contributed by atoms with Crippen molar-refractivity contribution in [2.24, 2.45) is 0 Å². The SMILES string of the molecule is CCCO[P]C(=O)CCc1ccccc1. The van der Waals surface area contributed by atoms with Crippen molar-refractivity contribution in [1.29, 1.82) is 0 Å². The molecule has 0 amide bonds. The molecule has 2 nitrogen and oxygen atoms in total. The van der Waals surface area contributed by atoms with Crippen LogP contribution in [0.25, 0.3) is 0 Å². The number of carbonyl (C=O) groups is 1. The van der Waals surface area contributed by atoms with Gasteiger partial charge in [0.25, 0.3) is 0 Å². The summed E-state index contributed by atoms with van der Waals surface area (Å²) in [7, 11) is 0.503. The second kappa shape index (κ2) is 7.56. The van der Waals surface area contributed by atoms with E-state index in [9.17, 15) is 4.79 Å². The molecule has 0 aliphatic rings. The van der Waals surface area contributed by atoms with Gasteiger partial charge in [-0.25, -0.2) is 0 Å². The van der Waals surface area contributed by atoms with Crippen LogP contribution in [0.3, 0.4) is 0 Å². The van der Waals surface area contributed by atoms with E-state index < -0.39 is 0 Å². The molecule has 0 saturated heterocycles. The summed E-state index contributed by atoms with van der Waals surface area (Å²) in [6.45, 7) is 2.70. The van der Waals surface area contributed by atoms with Crippen molar-refractivity contribution in [2.45, 2.75) is 26.2 Å². The monoisotopic (exact) mass is 223 g/mol. The molecule has 0 unspecified atom stereocenters. The molecule has 15 heavy (non-hydrogen) atoms. The lowest BCUT2D eigenvalue weighted by Gasteiger charge is -2.00. The van der Waals surface area contributed by atoms with E-state index in [1.807, 2.05) is 37.3 Å². The number of aryl methyl sites for hydroxylation is 1. The summed E-state index contributed by atoms with van der Waals surface area (Å²) in [5, 5.41) is 0. The smallest absolute Gasteiger partial charge is 0.189 e. The summed E-state index contributed by atoms with van der Waals surface area (Å²) < 4.78 is 5.16. The highest BCUT2D eigenvalue weighted by Crippen LogP contribution is 2.17. The fourth-order valence-electron chi connectivity index (χ4n) is 1.15. The summed E-state index contributed by atoms with van der Waals surface area (Å²) in [6.07, 6.45) is 2.33. The molecule has 0 saturated carbocycles. The maximum atomic E-state index is 11.4. The van der Waals surface area contributed by atoms with Gasteiger partial charge in [0.15, 0.2) is 14.3 Å². The third-order valence-corrected chi connectivity index (χ3v) is 2.67. The van der Waals surface area contributed by atoms with E-state index in [1.54, 1.807) is 0 Å². The van der Waals surface area contributed by atoms with Crippen molar-refractivity contribution in [3.63, 3.8) is 0 Å². The van der Waals surface area contributed by atoms with Crippen LogP contribution in [-0.2, 0) is 15.7 Å². The summed E-state index contributed by atoms with van der Waals surface area (Å²) in [6, 6.07) is 10.0. The fraction of sp³-hybridized carbons (Fsp3) is 0.417. The Bertz CT molecular complexity index is 285. The van der Waals surface area contributed by atoms with Gasteiger partial charge < -0.3 is 4.52 Å². The molecule has 0 fully saturated rings. The first kappa shape index (κ1) is 12.4. The largest absolute Gasteiger partial charge is 0.345 e. The molecule has 1 aromatic rings. The lowest BCUT2D eigenvalue weighted by Crippen LogP contribution is -1.95. The molecule has 81 valence electrons. The van der Waals surface area contributed by atoms with Crippen molar-refractivity contribution >= 4 is 14.3 Å². The third kappa shape index (κ3) is 5.66. The number of carbonyl (C=O) groups excluding carboxylic acids is 1. The van der Waals surface area contributed by atoms with E-state index in [0.717, 1.165) is 12.8 Å². The van der Waals surface area contributed by atoms with E-state index in [2.05, 4.69) is 0 Å². The maximum Gasteiger partial charge on any atom is 0.189 e. The van der Waals surface area contributed by atoms with Gasteiger partial charge in [-0.15, -0.1) is 0 Å². The number of hydrogen-bond donors (Lipinski definition) is 0. The average molecular weight is 223 g/mol. The Hall–Kier alpha value is -0.720. The molecule has 1 radical (unpaired) electrons. The molecule has 1 aromatic carbocycles. The minimum Gasteiger partial charge on any atom is -0.345 e. The molecular weight excluding hydrogens is 207 g/mol. The van der Waals surface area contributed by atoms with Crippen molar-refractivity contribution < 1.29 is 9.32 Å². The Labute approximate surface area is 92.9 Å². The molecular formula is C12H16O2P. The molecule has 0 heterocycles. The summed E-state index contributed by atoms with van der Waals surface area (Å²) >= 11 is 0. The zero-order chi connectivity index (χ0) is 10.9. The van der Waals surface area contributed by atoms with Crippen LogP contribution in [0.1, 0.15) is 25.3 Å². The average Bonchev–Trinajstić information content (AvgIpc) is 2.28. The van der Waals surface area contributed by atoms with Crippen LogP contribution < -0.4 is 0 Å². The molecule has 0 bridgehead atoms. The van der Waals surface area contributed by atoms with Crippen LogP contribution in [0.2, 0.25) is 0 Å². The second-order valence-corrected chi connectivity index (χ2v) is 4.24. The summed E-state index contributed by atoms with van der Waals surface area (Å²) in [5.41, 5.74) is 1.36. The van der Waals surface area contributed by atoms with Gasteiger partial charge in [0, 0.05) is 6.42 Å². The Morgan fingerprint density at radius 1 is 1.33 bits per heavy atom. The maximum absolute atomic E-state index is 11.4. The fourth-order valence-corrected chi connectivity index (χ4v) is 1.77. The zero-order valence-corrected chi connectivity index (χ0v) is 9.87. The quantitative estimate of drug-likeness (QED) is 0.523. The van der Waals surface area contributed by atoms with E-state index in [4.69, 9.17) is 4.52 Å². The molecule has 1 rings (SSSR count). The standard InChI is InChI=1S/C12H16O2P/c1-2-10-14-15-12(13)9-8-11-6-4-3-5-7-11/h3-7H,2,8-10H2,1H3. The zero-order valence-electron chi connectivity index (χ0n) is 8.98. The minimum atomic E-state index is 0.160. The highest BCUT2D eigenvalue weighted by atomic mass is 31.1. The van der Waals surface area contributed by atoms with Crippen LogP contribution >= 0.6 is 8.81 Å². The first-order valence-corrected chi connectivity index (χ1v) is 6.04. The van der Waals surface area contributed by atoms with Crippen LogP contribution in [0, 0.1) is 0 Å². The molecule has 0 spiro atoms. The molecule has 0 aromatic heterocycles. The van der Waals surface area contributed by atoms with Gasteiger partial charge in [-0.2, -0.15) is 0 Å². The first-order valence-electron chi connectivity index (χ1n) is 5.22. The van der Waals surface area contributed by atoms with E-state index >= 15 is 0 Å². The normalized spacial score (nSPS) is 11.0. The van der Waals surface area contributed by atoms with Crippen LogP contribution in [0.5, 0.6) is 0 Å². The topological polar surface area (TPSA) is 26.3 Å². The van der Waals surface area contributed by atoms with Gasteiger partial charge >= 0.3 is 0 Å². The number of rotatable bonds is 7. The van der Waals surface area contributed by atoms with E-state index in [-0.39, 0.29) is 5.52 Å². The Morgan fingerprint density at radius 3 is 2.73 bits per heavy atom. The molecule has 3 heteroatoms. The molecule has 0 aliphatic heterocycles. The Balaban J connectivity index is 2.17. The first-order chi connectivity index (χ1) is 7.33. The molecule has 0 N–H and O–H groups in total.